The van der Waals surface area contributed by atoms with Crippen molar-refractivity contribution in [1.29, 1.82) is 0 Å². The lowest BCUT2D eigenvalue weighted by Gasteiger charge is -2.26. The van der Waals surface area contributed by atoms with Gasteiger partial charge in [0.1, 0.15) is 5.82 Å². The highest BCUT2D eigenvalue weighted by molar-refractivity contribution is 6.36. The topological polar surface area (TPSA) is 79.3 Å². The van der Waals surface area contributed by atoms with Gasteiger partial charge in [0.2, 0.25) is 0 Å². The summed E-state index contributed by atoms with van der Waals surface area (Å²) in [7, 11) is 1.80. The van der Waals surface area contributed by atoms with Crippen molar-refractivity contribution in [3.63, 3.8) is 0 Å². The number of hydrogen-bond acceptors (Lipinski definition) is 3. The van der Waals surface area contributed by atoms with Gasteiger partial charge in [0.15, 0.2) is 0 Å². The van der Waals surface area contributed by atoms with Crippen molar-refractivity contribution in [3.8, 4) is 11.3 Å². The zero-order valence-electron chi connectivity index (χ0n) is 17.5. The number of nitrogens with one attached hydrogen (secondary N) is 2. The van der Waals surface area contributed by atoms with Gasteiger partial charge in [-0.25, -0.2) is 4.79 Å². The number of halogens is 1. The van der Waals surface area contributed by atoms with Crippen LogP contribution in [0.2, 0.25) is 0 Å². The lowest BCUT2D eigenvalue weighted by molar-refractivity contribution is -0.112. The Balaban J connectivity index is 1.41. The molecule has 3 amide bonds. The van der Waals surface area contributed by atoms with Gasteiger partial charge in [-0.15, -0.1) is 0 Å². The fourth-order valence-electron chi connectivity index (χ4n) is 3.78. The van der Waals surface area contributed by atoms with E-state index in [0.29, 0.717) is 22.1 Å². The summed E-state index contributed by atoms with van der Waals surface area (Å²) >= 11 is 6.14. The standard InChI is InChI=1S/C23H26ClN5O2/c1-28-21(26-23(31)29-13-5-2-6-14-29)15-20(27-28)16-9-11-17(12-10-16)25-22(30)18-7-3-4-8-19(18)24/h7-12,15H,2-6,13-14H2,1H3,(H,25,30)(H,26,31). The molecule has 0 radical (unpaired) electrons. The van der Waals surface area contributed by atoms with Gasteiger partial charge in [-0.1, -0.05) is 35.9 Å². The Morgan fingerprint density at radius 2 is 1.71 bits per heavy atom. The molecular weight excluding hydrogens is 414 g/mol. The first-order valence-electron chi connectivity index (χ1n) is 10.6. The van der Waals surface area contributed by atoms with Gasteiger partial charge in [0.25, 0.3) is 5.91 Å². The van der Waals surface area contributed by atoms with E-state index in [2.05, 4.69) is 15.7 Å². The number of rotatable bonds is 4. The highest BCUT2D eigenvalue weighted by Crippen LogP contribution is 2.26. The molecule has 0 unspecified atom stereocenters. The van der Waals surface area contributed by atoms with E-state index in [1.54, 1.807) is 11.7 Å². The molecule has 8 heteroatoms. The molecule has 1 aromatic heterocycles. The summed E-state index contributed by atoms with van der Waals surface area (Å²) in [6.45, 7) is 1.59. The fourth-order valence-corrected chi connectivity index (χ4v) is 4.05. The van der Waals surface area contributed by atoms with Crippen LogP contribution in [0.15, 0.2) is 53.1 Å². The summed E-state index contributed by atoms with van der Waals surface area (Å²) in [5.41, 5.74) is 2.83. The number of aryl methyl sites for hydroxylation is 1. The van der Waals surface area contributed by atoms with E-state index in [9.17, 15) is 9.59 Å². The summed E-state index contributed by atoms with van der Waals surface area (Å²) in [5.74, 6) is 0.433. The maximum atomic E-state index is 12.5. The van der Waals surface area contributed by atoms with Crippen LogP contribution in [0.5, 0.6) is 0 Å². The number of aromatic nitrogens is 2. The van der Waals surface area contributed by atoms with Crippen molar-refractivity contribution in [3.05, 3.63) is 53.1 Å². The summed E-state index contributed by atoms with van der Waals surface area (Å²) in [6, 6.07) is 9.20. The Bertz CT molecular complexity index is 1030. The SMILES string of the molecule is Cn1nc(-c2ccc(NC(=O)C3=CCCC=C3Cl)cc2)cc1NC(=O)N1CCCCC1. The van der Waals surface area contributed by atoms with E-state index < -0.39 is 0 Å². The summed E-state index contributed by atoms with van der Waals surface area (Å²) in [5, 5.41) is 10.8. The van der Waals surface area contributed by atoms with Crippen LogP contribution in [0.25, 0.3) is 11.3 Å². The first-order valence-corrected chi connectivity index (χ1v) is 11.0. The number of hydrogen-bond donors (Lipinski definition) is 2. The van der Waals surface area contributed by atoms with Crippen LogP contribution >= 0.6 is 11.6 Å². The minimum atomic E-state index is -0.214. The minimum Gasteiger partial charge on any atom is -0.325 e. The van der Waals surface area contributed by atoms with E-state index in [0.717, 1.165) is 50.0 Å². The number of nitrogens with zero attached hydrogens (tertiary/aromatic N) is 3. The molecule has 7 nitrogen and oxygen atoms in total. The second-order valence-electron chi connectivity index (χ2n) is 7.79. The molecule has 0 spiro atoms. The van der Waals surface area contributed by atoms with Crippen LogP contribution in [0.3, 0.4) is 0 Å². The van der Waals surface area contributed by atoms with Gasteiger partial charge < -0.3 is 10.2 Å². The minimum absolute atomic E-state index is 0.0861. The van der Waals surface area contributed by atoms with Crippen LogP contribution in [0, 0.1) is 0 Å². The third kappa shape index (κ3) is 4.99. The Morgan fingerprint density at radius 1 is 1.00 bits per heavy atom. The van der Waals surface area contributed by atoms with Crippen molar-refractivity contribution in [2.75, 3.05) is 23.7 Å². The second-order valence-corrected chi connectivity index (χ2v) is 8.20. The second kappa shape index (κ2) is 9.39. The van der Waals surface area contributed by atoms with Crippen LogP contribution in [0.1, 0.15) is 32.1 Å². The molecule has 1 aromatic carbocycles. The molecule has 1 saturated heterocycles. The highest BCUT2D eigenvalue weighted by atomic mass is 35.5. The highest BCUT2D eigenvalue weighted by Gasteiger charge is 2.19. The van der Waals surface area contributed by atoms with Crippen molar-refractivity contribution in [2.24, 2.45) is 7.05 Å². The van der Waals surface area contributed by atoms with Gasteiger partial charge in [-0.05, 0) is 44.2 Å². The number of urea groups is 1. The van der Waals surface area contributed by atoms with Crippen molar-refractivity contribution in [2.45, 2.75) is 32.1 Å². The van der Waals surface area contributed by atoms with Gasteiger partial charge in [-0.3, -0.25) is 14.8 Å². The van der Waals surface area contributed by atoms with E-state index >= 15 is 0 Å². The lowest BCUT2D eigenvalue weighted by atomic mass is 10.1. The molecular formula is C23H26ClN5O2. The lowest BCUT2D eigenvalue weighted by Crippen LogP contribution is -2.39. The third-order valence-electron chi connectivity index (χ3n) is 5.54. The first-order chi connectivity index (χ1) is 15.0. The van der Waals surface area contributed by atoms with E-state index in [1.807, 2.05) is 47.4 Å². The van der Waals surface area contributed by atoms with Crippen molar-refractivity contribution < 1.29 is 9.59 Å². The first kappa shape index (κ1) is 21.2. The Hall–Kier alpha value is -3.06. The molecule has 2 aliphatic rings. The van der Waals surface area contributed by atoms with Crippen LogP contribution in [-0.2, 0) is 11.8 Å². The zero-order chi connectivity index (χ0) is 21.8. The Morgan fingerprint density at radius 3 is 2.42 bits per heavy atom. The Kier molecular flexibility index (Phi) is 6.42. The number of piperidine rings is 1. The molecule has 0 saturated carbocycles. The maximum absolute atomic E-state index is 12.5. The molecule has 31 heavy (non-hydrogen) atoms. The number of benzene rings is 1. The third-order valence-corrected chi connectivity index (χ3v) is 5.90. The summed E-state index contributed by atoms with van der Waals surface area (Å²) < 4.78 is 1.66. The molecule has 0 atom stereocenters. The number of amides is 3. The van der Waals surface area contributed by atoms with Crippen molar-refractivity contribution in [1.82, 2.24) is 14.7 Å². The smallest absolute Gasteiger partial charge is 0.322 e. The molecule has 2 aromatic rings. The molecule has 0 bridgehead atoms. The fraction of sp³-hybridized carbons (Fsp3) is 0.348. The van der Waals surface area contributed by atoms with Gasteiger partial charge in [-0.2, -0.15) is 5.10 Å². The predicted octanol–water partition coefficient (Wildman–Crippen LogP) is 4.89. The van der Waals surface area contributed by atoms with Gasteiger partial charge >= 0.3 is 6.03 Å². The van der Waals surface area contributed by atoms with Gasteiger partial charge in [0, 0.05) is 42.5 Å². The molecule has 2 heterocycles. The summed E-state index contributed by atoms with van der Waals surface area (Å²) in [6.07, 6.45) is 8.67. The average molecular weight is 440 g/mol. The number of carbonyl (C=O) groups is 2. The zero-order valence-corrected chi connectivity index (χ0v) is 18.3. The molecule has 162 valence electrons. The molecule has 1 aliphatic heterocycles. The molecule has 1 aliphatic carbocycles. The van der Waals surface area contributed by atoms with Crippen LogP contribution in [0.4, 0.5) is 16.3 Å². The number of anilines is 2. The molecule has 4 rings (SSSR count). The van der Waals surface area contributed by atoms with E-state index in [1.165, 1.54) is 6.42 Å². The van der Waals surface area contributed by atoms with E-state index in [-0.39, 0.29) is 11.9 Å². The average Bonchev–Trinajstić information content (AvgIpc) is 3.15. The number of likely N-dealkylation sites (tertiary alicyclic amines) is 1. The molecule has 2 N–H and O–H groups in total. The monoisotopic (exact) mass is 439 g/mol. The van der Waals surface area contributed by atoms with Crippen LogP contribution < -0.4 is 10.6 Å². The quantitative estimate of drug-likeness (QED) is 0.712. The maximum Gasteiger partial charge on any atom is 0.322 e. The summed E-state index contributed by atoms with van der Waals surface area (Å²) in [4.78, 5) is 26.8. The normalized spacial score (nSPS) is 16.4. The van der Waals surface area contributed by atoms with E-state index in [4.69, 9.17) is 11.6 Å². The number of allylic oxidation sites excluding steroid dienone is 2. The van der Waals surface area contributed by atoms with Crippen molar-refractivity contribution >= 4 is 35.0 Å². The Labute approximate surface area is 186 Å². The molecule has 1 fully saturated rings. The van der Waals surface area contributed by atoms with Crippen LogP contribution in [-0.4, -0.2) is 39.7 Å². The number of carbonyl (C=O) groups excluding carboxylic acids is 2. The predicted molar refractivity (Wildman–Crippen MR) is 123 cm³/mol. The van der Waals surface area contributed by atoms with Gasteiger partial charge in [0.05, 0.1) is 11.3 Å². The largest absolute Gasteiger partial charge is 0.325 e.